The van der Waals surface area contributed by atoms with Crippen molar-refractivity contribution in [2.45, 2.75) is 26.3 Å². The van der Waals surface area contributed by atoms with E-state index in [9.17, 15) is 4.79 Å². The van der Waals surface area contributed by atoms with Crippen molar-refractivity contribution in [2.75, 3.05) is 18.4 Å². The molecule has 0 radical (unpaired) electrons. The van der Waals surface area contributed by atoms with Gasteiger partial charge in [-0.1, -0.05) is 6.92 Å². The number of hydrogen-bond donors (Lipinski definition) is 2. The number of aromatic nitrogens is 4. The van der Waals surface area contributed by atoms with Crippen molar-refractivity contribution in [1.29, 1.82) is 0 Å². The first-order valence-corrected chi connectivity index (χ1v) is 8.44. The quantitative estimate of drug-likeness (QED) is 0.762. The molecular formula is C18H20N6O. The number of amides is 1. The topological polar surface area (TPSA) is 86.8 Å². The summed E-state index contributed by atoms with van der Waals surface area (Å²) < 4.78 is 0. The van der Waals surface area contributed by atoms with Crippen LogP contribution in [0, 0.1) is 6.92 Å². The maximum Gasteiger partial charge on any atom is 0.256 e. The normalized spacial score (nSPS) is 14.6. The average molecular weight is 336 g/mol. The molecule has 1 aliphatic heterocycles. The van der Waals surface area contributed by atoms with Crippen LogP contribution in [0.25, 0.3) is 10.9 Å². The molecule has 2 N–H and O–H groups in total. The third-order valence-corrected chi connectivity index (χ3v) is 4.53. The summed E-state index contributed by atoms with van der Waals surface area (Å²) in [6, 6.07) is 6.11. The molecule has 3 aromatic rings. The van der Waals surface area contributed by atoms with Gasteiger partial charge in [-0.3, -0.25) is 9.89 Å². The van der Waals surface area contributed by atoms with Gasteiger partial charge in [0.1, 0.15) is 12.1 Å². The van der Waals surface area contributed by atoms with Gasteiger partial charge in [-0.15, -0.1) is 0 Å². The number of aryl methyl sites for hydroxylation is 2. The first kappa shape index (κ1) is 15.6. The molecule has 7 heteroatoms. The molecule has 4 rings (SSSR count). The van der Waals surface area contributed by atoms with E-state index in [0.29, 0.717) is 18.7 Å². The van der Waals surface area contributed by atoms with Crippen molar-refractivity contribution in [2.24, 2.45) is 0 Å². The number of hydrogen-bond acceptors (Lipinski definition) is 5. The van der Waals surface area contributed by atoms with Crippen LogP contribution in [0.15, 0.2) is 30.7 Å². The molecule has 1 saturated heterocycles. The molecule has 1 amide bonds. The summed E-state index contributed by atoms with van der Waals surface area (Å²) in [5.74, 6) is 0.850. The van der Waals surface area contributed by atoms with Crippen LogP contribution < -0.4 is 5.32 Å². The van der Waals surface area contributed by atoms with Gasteiger partial charge in [0.25, 0.3) is 5.91 Å². The number of carbonyl (C=O) groups is 1. The van der Waals surface area contributed by atoms with E-state index in [4.69, 9.17) is 0 Å². The third kappa shape index (κ3) is 2.93. The number of nitrogens with one attached hydrogen (secondary N) is 2. The van der Waals surface area contributed by atoms with E-state index in [1.807, 2.05) is 30.0 Å². The van der Waals surface area contributed by atoms with Crippen LogP contribution in [0.1, 0.15) is 28.5 Å². The summed E-state index contributed by atoms with van der Waals surface area (Å²) in [5.41, 5.74) is 3.54. The van der Waals surface area contributed by atoms with E-state index >= 15 is 0 Å². The molecular weight excluding hydrogens is 316 g/mol. The molecule has 0 aliphatic carbocycles. The Morgan fingerprint density at radius 1 is 1.32 bits per heavy atom. The van der Waals surface area contributed by atoms with Crippen molar-refractivity contribution < 1.29 is 4.79 Å². The third-order valence-electron chi connectivity index (χ3n) is 4.53. The van der Waals surface area contributed by atoms with Crippen LogP contribution >= 0.6 is 0 Å². The Bertz CT molecular complexity index is 928. The molecule has 1 aromatic carbocycles. The van der Waals surface area contributed by atoms with E-state index in [1.54, 1.807) is 12.5 Å². The monoisotopic (exact) mass is 336 g/mol. The van der Waals surface area contributed by atoms with Crippen molar-refractivity contribution in [3.63, 3.8) is 0 Å². The van der Waals surface area contributed by atoms with Crippen molar-refractivity contribution in [3.8, 4) is 0 Å². The van der Waals surface area contributed by atoms with Gasteiger partial charge in [0.05, 0.1) is 23.3 Å². The summed E-state index contributed by atoms with van der Waals surface area (Å²) in [7, 11) is 0. The maximum atomic E-state index is 12.8. The second-order valence-corrected chi connectivity index (χ2v) is 6.45. The van der Waals surface area contributed by atoms with E-state index in [1.165, 1.54) is 0 Å². The lowest BCUT2D eigenvalue weighted by molar-refractivity contribution is 0.0626. The average Bonchev–Trinajstić information content (AvgIpc) is 3.04. The molecule has 128 valence electrons. The highest BCUT2D eigenvalue weighted by Crippen LogP contribution is 2.23. The van der Waals surface area contributed by atoms with E-state index in [-0.39, 0.29) is 11.9 Å². The number of anilines is 1. The standard InChI is InChI=1S/C18H20N6O/c1-3-13-6-16(20-10-19-13)22-14-8-24(9-14)18(25)15-5-11(2)4-12-7-21-23-17(12)15/h4-7,10,14H,3,8-9H2,1-2H3,(H,21,23)(H,19,20,22). The molecule has 7 nitrogen and oxygen atoms in total. The summed E-state index contributed by atoms with van der Waals surface area (Å²) in [6.07, 6.45) is 4.20. The molecule has 0 atom stereocenters. The lowest BCUT2D eigenvalue weighted by Gasteiger charge is -2.40. The fraction of sp³-hybridized carbons (Fsp3) is 0.333. The second-order valence-electron chi connectivity index (χ2n) is 6.45. The SMILES string of the molecule is CCc1cc(NC2CN(C(=O)c3cc(C)cc4cn[nH]c34)C2)ncn1. The maximum absolute atomic E-state index is 12.8. The zero-order chi connectivity index (χ0) is 17.4. The van der Waals surface area contributed by atoms with Crippen LogP contribution in [0.4, 0.5) is 5.82 Å². The Morgan fingerprint density at radius 2 is 2.16 bits per heavy atom. The van der Waals surface area contributed by atoms with Crippen molar-refractivity contribution in [3.05, 3.63) is 47.5 Å². The number of carbonyl (C=O) groups excluding carboxylic acids is 1. The molecule has 0 saturated carbocycles. The predicted molar refractivity (Wildman–Crippen MR) is 95.6 cm³/mol. The molecule has 25 heavy (non-hydrogen) atoms. The first-order chi connectivity index (χ1) is 12.1. The number of fused-ring (bicyclic) bond motifs is 1. The van der Waals surface area contributed by atoms with Crippen LogP contribution in [-0.2, 0) is 6.42 Å². The minimum Gasteiger partial charge on any atom is -0.364 e. The Morgan fingerprint density at radius 3 is 2.96 bits per heavy atom. The van der Waals surface area contributed by atoms with Gasteiger partial charge in [0, 0.05) is 30.2 Å². The summed E-state index contributed by atoms with van der Waals surface area (Å²) in [6.45, 7) is 5.37. The van der Waals surface area contributed by atoms with Crippen molar-refractivity contribution in [1.82, 2.24) is 25.1 Å². The van der Waals surface area contributed by atoms with Gasteiger partial charge >= 0.3 is 0 Å². The fourth-order valence-electron chi connectivity index (χ4n) is 3.16. The van der Waals surface area contributed by atoms with E-state index in [0.717, 1.165) is 34.4 Å². The summed E-state index contributed by atoms with van der Waals surface area (Å²) in [5, 5.41) is 11.3. The van der Waals surface area contributed by atoms with E-state index < -0.39 is 0 Å². The van der Waals surface area contributed by atoms with Gasteiger partial charge in [-0.2, -0.15) is 5.10 Å². The largest absolute Gasteiger partial charge is 0.364 e. The molecule has 0 unspecified atom stereocenters. The molecule has 3 heterocycles. The zero-order valence-corrected chi connectivity index (χ0v) is 14.3. The van der Waals surface area contributed by atoms with Crippen LogP contribution in [0.3, 0.4) is 0 Å². The van der Waals surface area contributed by atoms with Crippen LogP contribution in [0.2, 0.25) is 0 Å². The summed E-state index contributed by atoms with van der Waals surface area (Å²) in [4.78, 5) is 23.1. The Labute approximate surface area is 145 Å². The van der Waals surface area contributed by atoms with Gasteiger partial charge in [-0.25, -0.2) is 9.97 Å². The van der Waals surface area contributed by atoms with Gasteiger partial charge in [0.2, 0.25) is 0 Å². The first-order valence-electron chi connectivity index (χ1n) is 8.44. The lowest BCUT2D eigenvalue weighted by atomic mass is 10.0. The van der Waals surface area contributed by atoms with Gasteiger partial charge < -0.3 is 10.2 Å². The highest BCUT2D eigenvalue weighted by molar-refractivity contribution is 6.06. The minimum absolute atomic E-state index is 0.0351. The van der Waals surface area contributed by atoms with Crippen molar-refractivity contribution >= 4 is 22.6 Å². The number of rotatable bonds is 4. The Hall–Kier alpha value is -2.96. The van der Waals surface area contributed by atoms with Crippen LogP contribution in [0.5, 0.6) is 0 Å². The second kappa shape index (κ2) is 6.16. The number of benzene rings is 1. The highest BCUT2D eigenvalue weighted by atomic mass is 16.2. The molecule has 2 aromatic heterocycles. The number of likely N-dealkylation sites (tertiary alicyclic amines) is 1. The predicted octanol–water partition coefficient (Wildman–Crippen LogP) is 2.16. The lowest BCUT2D eigenvalue weighted by Crippen LogP contribution is -2.57. The van der Waals surface area contributed by atoms with Gasteiger partial charge in [0.15, 0.2) is 0 Å². The fourth-order valence-corrected chi connectivity index (χ4v) is 3.16. The van der Waals surface area contributed by atoms with Crippen LogP contribution in [-0.4, -0.2) is 50.1 Å². The highest BCUT2D eigenvalue weighted by Gasteiger charge is 2.32. The molecule has 1 fully saturated rings. The molecule has 1 aliphatic rings. The Balaban J connectivity index is 1.44. The molecule has 0 bridgehead atoms. The summed E-state index contributed by atoms with van der Waals surface area (Å²) >= 11 is 0. The van der Waals surface area contributed by atoms with E-state index in [2.05, 4.69) is 32.4 Å². The van der Waals surface area contributed by atoms with Gasteiger partial charge in [-0.05, 0) is 31.0 Å². The minimum atomic E-state index is 0.0351. The molecule has 0 spiro atoms. The number of nitrogens with zero attached hydrogens (tertiary/aromatic N) is 4. The smallest absolute Gasteiger partial charge is 0.256 e. The number of aromatic amines is 1. The Kier molecular flexibility index (Phi) is 3.83. The zero-order valence-electron chi connectivity index (χ0n) is 14.3. The number of H-pyrrole nitrogens is 1.